The number of nitrogens with one attached hydrogen (secondary N) is 2. The van der Waals surface area contributed by atoms with E-state index in [1.54, 1.807) is 0 Å². The maximum absolute atomic E-state index is 9.85. The van der Waals surface area contributed by atoms with Gasteiger partial charge in [0.1, 0.15) is 0 Å². The van der Waals surface area contributed by atoms with E-state index in [0.717, 1.165) is 27.4 Å². The van der Waals surface area contributed by atoms with Crippen molar-refractivity contribution in [3.63, 3.8) is 0 Å². The lowest BCUT2D eigenvalue weighted by atomic mass is 10.1. The Bertz CT molecular complexity index is 1080. The molecule has 168 valence electrons. The van der Waals surface area contributed by atoms with Crippen molar-refractivity contribution in [1.82, 2.24) is 14.3 Å². The Labute approximate surface area is 197 Å². The lowest BCUT2D eigenvalue weighted by molar-refractivity contribution is 0.273. The van der Waals surface area contributed by atoms with E-state index >= 15 is 0 Å². The quantitative estimate of drug-likeness (QED) is 0.297. The number of aromatic amines is 1. The van der Waals surface area contributed by atoms with Gasteiger partial charge in [-0.3, -0.25) is 0 Å². The number of nitrogens with zero attached hydrogens (tertiary/aromatic N) is 2. The van der Waals surface area contributed by atoms with Crippen molar-refractivity contribution in [2.24, 2.45) is 5.73 Å². The zero-order chi connectivity index (χ0) is 22.9. The lowest BCUT2D eigenvalue weighted by Gasteiger charge is -2.18. The van der Waals surface area contributed by atoms with Gasteiger partial charge in [-0.2, -0.15) is 0 Å². The van der Waals surface area contributed by atoms with E-state index in [2.05, 4.69) is 19.7 Å². The van der Waals surface area contributed by atoms with Gasteiger partial charge in [0.05, 0.1) is 28.9 Å². The molecule has 2 aromatic carbocycles. The molecule has 0 aliphatic heterocycles. The molecule has 1 atom stereocenters. The molecule has 6 nitrogen and oxygen atoms in total. The number of anilines is 1. The second-order valence-electron chi connectivity index (χ2n) is 7.63. The van der Waals surface area contributed by atoms with E-state index in [0.29, 0.717) is 23.4 Å². The minimum atomic E-state index is -0.196. The number of nitrogens with two attached hydrogens (primary N) is 1. The third-order valence-corrected chi connectivity index (χ3v) is 5.48. The normalized spacial score (nSPS) is 11.7. The van der Waals surface area contributed by atoms with Crippen LogP contribution in [0.15, 0.2) is 66.9 Å². The summed E-state index contributed by atoms with van der Waals surface area (Å²) in [5.41, 5.74) is 8.64. The third-order valence-electron chi connectivity index (χ3n) is 4.37. The number of benzene rings is 2. The fourth-order valence-corrected chi connectivity index (χ4v) is 3.61. The van der Waals surface area contributed by atoms with Crippen molar-refractivity contribution in [3.05, 3.63) is 77.4 Å². The molecule has 0 unspecified atom stereocenters. The van der Waals surface area contributed by atoms with Crippen LogP contribution in [-0.4, -0.2) is 38.1 Å². The Morgan fingerprint density at radius 1 is 1.06 bits per heavy atom. The fourth-order valence-electron chi connectivity index (χ4n) is 2.93. The lowest BCUT2D eigenvalue weighted by Crippen LogP contribution is -2.27. The molecule has 0 saturated carbocycles. The van der Waals surface area contributed by atoms with Crippen molar-refractivity contribution in [1.29, 1.82) is 0 Å². The predicted octanol–water partition coefficient (Wildman–Crippen LogP) is 5.22. The summed E-state index contributed by atoms with van der Waals surface area (Å²) >= 11 is 7.89. The summed E-state index contributed by atoms with van der Waals surface area (Å²) in [5.74, 6) is 0.468. The minimum absolute atomic E-state index is 0.0249. The number of aliphatic hydroxyl groups excluding tert-OH is 1. The molecule has 0 radical (unpaired) electrons. The van der Waals surface area contributed by atoms with Crippen LogP contribution in [0.4, 0.5) is 5.95 Å². The molecule has 0 spiro atoms. The van der Waals surface area contributed by atoms with Crippen LogP contribution in [0.25, 0.3) is 21.8 Å². The summed E-state index contributed by atoms with van der Waals surface area (Å²) in [4.78, 5) is 10.3. The molecular weight excluding hydrogens is 442 g/mol. The molecular formula is C24H28ClN5OS. The second-order valence-corrected chi connectivity index (χ2v) is 8.91. The van der Waals surface area contributed by atoms with E-state index in [-0.39, 0.29) is 12.6 Å². The Morgan fingerprint density at radius 2 is 1.69 bits per heavy atom. The van der Waals surface area contributed by atoms with Crippen LogP contribution in [0.1, 0.15) is 19.4 Å². The molecule has 0 aliphatic carbocycles. The van der Waals surface area contributed by atoms with Crippen molar-refractivity contribution in [2.75, 3.05) is 11.9 Å². The molecule has 2 aromatic heterocycles. The van der Waals surface area contributed by atoms with Gasteiger partial charge >= 0.3 is 0 Å². The van der Waals surface area contributed by atoms with Crippen molar-refractivity contribution >= 4 is 29.1 Å². The zero-order valence-corrected chi connectivity index (χ0v) is 19.7. The maximum atomic E-state index is 9.85. The minimum Gasteiger partial charge on any atom is -0.394 e. The highest BCUT2D eigenvalue weighted by atomic mass is 35.5. The van der Waals surface area contributed by atoms with Gasteiger partial charge in [0.25, 0.3) is 0 Å². The molecule has 0 bridgehead atoms. The van der Waals surface area contributed by atoms with E-state index in [1.807, 2.05) is 80.7 Å². The predicted molar refractivity (Wildman–Crippen MR) is 134 cm³/mol. The number of hydrogen-bond acceptors (Lipinski definition) is 6. The summed E-state index contributed by atoms with van der Waals surface area (Å²) in [7, 11) is 0. The first-order valence-electron chi connectivity index (χ1n) is 10.4. The molecule has 32 heavy (non-hydrogen) atoms. The van der Waals surface area contributed by atoms with Crippen LogP contribution < -0.4 is 11.1 Å². The van der Waals surface area contributed by atoms with E-state index in [1.165, 1.54) is 11.5 Å². The molecule has 2 heterocycles. The maximum Gasteiger partial charge on any atom is 0.224 e. The largest absolute Gasteiger partial charge is 0.394 e. The van der Waals surface area contributed by atoms with Crippen LogP contribution in [0.3, 0.4) is 0 Å². The van der Waals surface area contributed by atoms with Crippen LogP contribution >= 0.6 is 23.1 Å². The summed E-state index contributed by atoms with van der Waals surface area (Å²) in [6, 6.07) is 19.7. The first kappa shape index (κ1) is 23.9. The zero-order valence-electron chi connectivity index (χ0n) is 18.1. The first-order chi connectivity index (χ1) is 15.5. The summed E-state index contributed by atoms with van der Waals surface area (Å²) in [6.45, 7) is 3.86. The standard InChI is InChI=1S/C21H19ClN4OS.C3H9N/c22-17-9-5-4-8-16(17)18-11-19(20-12-23-28-20)26-21(25-18)24-15(13-27)10-14-6-2-1-3-7-14;1-3(2)4/h1-9,11-12,15,23,27H,10,13H2,(H,24,25,26);3H,4H2,1-2H3/t15-;/m1./s1. The molecule has 8 heteroatoms. The van der Waals surface area contributed by atoms with Crippen LogP contribution in [0.5, 0.6) is 0 Å². The third kappa shape index (κ3) is 6.90. The Hall–Kier alpha value is -2.71. The fraction of sp³-hybridized carbons (Fsp3) is 0.250. The SMILES string of the molecule is CC(C)N.OC[C@@H](Cc1ccccc1)Nc1nc(-c2c[nH]s2)cc(-c2ccccc2Cl)n1. The Kier molecular flexibility index (Phi) is 8.81. The van der Waals surface area contributed by atoms with Gasteiger partial charge in [-0.25, -0.2) is 9.97 Å². The van der Waals surface area contributed by atoms with Crippen LogP contribution in [0, 0.1) is 0 Å². The molecule has 4 aromatic rings. The topological polar surface area (TPSA) is 99.9 Å². The van der Waals surface area contributed by atoms with Gasteiger partial charge in [-0.05, 0) is 30.2 Å². The molecule has 4 rings (SSSR count). The van der Waals surface area contributed by atoms with Gasteiger partial charge in [0.15, 0.2) is 0 Å². The summed E-state index contributed by atoms with van der Waals surface area (Å²) in [6.07, 6.45) is 2.58. The molecule has 0 fully saturated rings. The number of halogens is 1. The number of aliphatic hydroxyl groups is 1. The molecule has 5 N–H and O–H groups in total. The van der Waals surface area contributed by atoms with Gasteiger partial charge in [-0.15, -0.1) is 0 Å². The van der Waals surface area contributed by atoms with Crippen LogP contribution in [0.2, 0.25) is 5.02 Å². The van der Waals surface area contributed by atoms with E-state index in [9.17, 15) is 5.11 Å². The smallest absolute Gasteiger partial charge is 0.224 e. The molecule has 0 saturated heterocycles. The highest BCUT2D eigenvalue weighted by Gasteiger charge is 2.15. The van der Waals surface area contributed by atoms with Gasteiger partial charge in [-0.1, -0.05) is 85.5 Å². The monoisotopic (exact) mass is 469 g/mol. The van der Waals surface area contributed by atoms with Crippen molar-refractivity contribution in [3.8, 4) is 21.8 Å². The summed E-state index contributed by atoms with van der Waals surface area (Å²) < 4.78 is 3.04. The number of aromatic nitrogens is 3. The number of hydrogen-bond donors (Lipinski definition) is 4. The van der Waals surface area contributed by atoms with Crippen LogP contribution in [-0.2, 0) is 6.42 Å². The first-order valence-corrected chi connectivity index (χ1v) is 11.6. The van der Waals surface area contributed by atoms with E-state index < -0.39 is 0 Å². The van der Waals surface area contributed by atoms with Crippen molar-refractivity contribution < 1.29 is 5.11 Å². The highest BCUT2D eigenvalue weighted by molar-refractivity contribution is 7.10. The van der Waals surface area contributed by atoms with Gasteiger partial charge in [0, 0.05) is 16.8 Å². The molecule has 0 aliphatic rings. The summed E-state index contributed by atoms with van der Waals surface area (Å²) in [5, 5.41) is 13.8. The van der Waals surface area contributed by atoms with Gasteiger partial charge < -0.3 is 20.5 Å². The Morgan fingerprint density at radius 3 is 2.28 bits per heavy atom. The molecule has 0 amide bonds. The average molecular weight is 470 g/mol. The number of H-pyrrole nitrogens is 1. The highest BCUT2D eigenvalue weighted by Crippen LogP contribution is 2.31. The van der Waals surface area contributed by atoms with Gasteiger partial charge in [0.2, 0.25) is 5.95 Å². The number of rotatable bonds is 7. The van der Waals surface area contributed by atoms with E-state index in [4.69, 9.17) is 17.3 Å². The second kappa shape index (κ2) is 11.8. The Balaban J connectivity index is 0.000000668. The van der Waals surface area contributed by atoms with Crippen molar-refractivity contribution in [2.45, 2.75) is 32.4 Å². The average Bonchev–Trinajstić information content (AvgIpc) is 2.72.